The molecule has 0 amide bonds. The summed E-state index contributed by atoms with van der Waals surface area (Å²) < 4.78 is 0. The number of carboxylic acids is 2. The van der Waals surface area contributed by atoms with Gasteiger partial charge in [-0.05, 0) is 42.9 Å². The first-order valence-electron chi connectivity index (χ1n) is 8.48. The zero-order valence-corrected chi connectivity index (χ0v) is 14.6. The Morgan fingerprint density at radius 3 is 1.88 bits per heavy atom. The van der Waals surface area contributed by atoms with Crippen molar-refractivity contribution in [3.63, 3.8) is 0 Å². The molecule has 4 heteroatoms. The van der Waals surface area contributed by atoms with E-state index in [0.717, 1.165) is 16.7 Å². The monoisotopic (exact) mass is 340 g/mol. The van der Waals surface area contributed by atoms with Gasteiger partial charge in [-0.25, -0.2) is 0 Å². The molecule has 25 heavy (non-hydrogen) atoms. The molecule has 4 nitrogen and oxygen atoms in total. The molecule has 2 rings (SSSR count). The molecular weight excluding hydrogens is 316 g/mol. The van der Waals surface area contributed by atoms with Gasteiger partial charge in [0.2, 0.25) is 0 Å². The van der Waals surface area contributed by atoms with E-state index in [0.29, 0.717) is 12.8 Å². The van der Waals surface area contributed by atoms with Crippen molar-refractivity contribution in [1.82, 2.24) is 0 Å². The van der Waals surface area contributed by atoms with E-state index >= 15 is 0 Å². The van der Waals surface area contributed by atoms with E-state index in [4.69, 9.17) is 5.11 Å². The highest BCUT2D eigenvalue weighted by molar-refractivity contribution is 5.73. The van der Waals surface area contributed by atoms with Crippen LogP contribution in [0.25, 0.3) is 11.1 Å². The summed E-state index contributed by atoms with van der Waals surface area (Å²) in [5, 5.41) is 18.3. The van der Waals surface area contributed by atoms with E-state index < -0.39 is 23.8 Å². The first kappa shape index (κ1) is 18.7. The lowest BCUT2D eigenvalue weighted by atomic mass is 9.90. The average molecular weight is 340 g/mol. The number of carbonyl (C=O) groups is 2. The average Bonchev–Trinajstić information content (AvgIpc) is 2.59. The van der Waals surface area contributed by atoms with Gasteiger partial charge in [-0.15, -0.1) is 0 Å². The van der Waals surface area contributed by atoms with Gasteiger partial charge in [-0.2, -0.15) is 0 Å². The lowest BCUT2D eigenvalue weighted by Gasteiger charge is -2.15. The molecule has 2 N–H and O–H groups in total. The molecule has 0 fully saturated rings. The van der Waals surface area contributed by atoms with Gasteiger partial charge in [0.25, 0.3) is 0 Å². The molecule has 0 radical (unpaired) electrons. The number of hydrogen-bond donors (Lipinski definition) is 2. The number of hydrogen-bond acceptors (Lipinski definition) is 2. The van der Waals surface area contributed by atoms with Gasteiger partial charge in [-0.3, -0.25) is 9.59 Å². The molecule has 0 heterocycles. The summed E-state index contributed by atoms with van der Waals surface area (Å²) in [7, 11) is 0. The van der Waals surface area contributed by atoms with Crippen molar-refractivity contribution in [3.05, 3.63) is 59.7 Å². The second-order valence-corrected chi connectivity index (χ2v) is 6.61. The fourth-order valence-electron chi connectivity index (χ4n) is 2.82. The molecule has 2 atom stereocenters. The number of benzene rings is 2. The predicted molar refractivity (Wildman–Crippen MR) is 97.5 cm³/mol. The third-order valence-corrected chi connectivity index (χ3v) is 4.53. The van der Waals surface area contributed by atoms with E-state index in [1.807, 2.05) is 24.3 Å². The van der Waals surface area contributed by atoms with Crippen molar-refractivity contribution in [2.24, 2.45) is 11.8 Å². The van der Waals surface area contributed by atoms with Crippen LogP contribution in [0.5, 0.6) is 0 Å². The van der Waals surface area contributed by atoms with Crippen LogP contribution < -0.4 is 0 Å². The van der Waals surface area contributed by atoms with Crippen LogP contribution in [0.2, 0.25) is 0 Å². The van der Waals surface area contributed by atoms with Crippen LogP contribution in [0.1, 0.15) is 30.9 Å². The van der Waals surface area contributed by atoms with E-state index in [2.05, 4.69) is 31.2 Å². The van der Waals surface area contributed by atoms with Crippen LogP contribution in [0.15, 0.2) is 48.5 Å². The van der Waals surface area contributed by atoms with Crippen molar-refractivity contribution >= 4 is 11.9 Å². The molecule has 0 aliphatic heterocycles. The van der Waals surface area contributed by atoms with E-state index in [-0.39, 0.29) is 6.42 Å². The van der Waals surface area contributed by atoms with Gasteiger partial charge in [0, 0.05) is 0 Å². The fourth-order valence-corrected chi connectivity index (χ4v) is 2.82. The molecule has 0 saturated heterocycles. The molecule has 0 bridgehead atoms. The van der Waals surface area contributed by atoms with Gasteiger partial charge in [0.05, 0.1) is 11.8 Å². The Kier molecular flexibility index (Phi) is 6.34. The van der Waals surface area contributed by atoms with E-state index in [1.165, 1.54) is 5.56 Å². The summed E-state index contributed by atoms with van der Waals surface area (Å²) in [5.41, 5.74) is 4.55. The van der Waals surface area contributed by atoms with Crippen molar-refractivity contribution < 1.29 is 19.8 Å². The highest BCUT2D eigenvalue weighted by Crippen LogP contribution is 2.23. The summed E-state index contributed by atoms with van der Waals surface area (Å²) in [5.74, 6) is -3.16. The Hall–Kier alpha value is -2.62. The maximum absolute atomic E-state index is 11.4. The molecule has 1 unspecified atom stereocenters. The molecule has 2 aromatic carbocycles. The van der Waals surface area contributed by atoms with Crippen molar-refractivity contribution in [2.45, 2.75) is 33.1 Å². The smallest absolute Gasteiger partial charge is 0.306 e. The second kappa shape index (κ2) is 8.47. The summed E-state index contributed by atoms with van der Waals surface area (Å²) in [4.78, 5) is 22.3. The minimum Gasteiger partial charge on any atom is -0.481 e. The van der Waals surface area contributed by atoms with Gasteiger partial charge in [0.1, 0.15) is 0 Å². The summed E-state index contributed by atoms with van der Waals surface area (Å²) >= 11 is 0. The second-order valence-electron chi connectivity index (χ2n) is 6.61. The van der Waals surface area contributed by atoms with Crippen molar-refractivity contribution in [2.75, 3.05) is 0 Å². The van der Waals surface area contributed by atoms with Crippen LogP contribution in [-0.4, -0.2) is 22.2 Å². The topological polar surface area (TPSA) is 74.6 Å². The summed E-state index contributed by atoms with van der Waals surface area (Å²) in [6, 6.07) is 16.4. The lowest BCUT2D eigenvalue weighted by Crippen LogP contribution is -2.21. The van der Waals surface area contributed by atoms with E-state index in [1.54, 1.807) is 6.92 Å². The van der Waals surface area contributed by atoms with Crippen LogP contribution in [0, 0.1) is 18.8 Å². The van der Waals surface area contributed by atoms with Crippen LogP contribution in [0.4, 0.5) is 0 Å². The third-order valence-electron chi connectivity index (χ3n) is 4.53. The Bertz CT molecular complexity index is 717. The predicted octanol–water partition coefficient (Wildman–Crippen LogP) is 4.41. The number of carboxylic acid groups (broad SMARTS) is 2. The van der Waals surface area contributed by atoms with Crippen LogP contribution in [0.3, 0.4) is 0 Å². The lowest BCUT2D eigenvalue weighted by molar-refractivity contribution is -0.145. The zero-order valence-electron chi connectivity index (χ0n) is 14.6. The minimum atomic E-state index is -0.950. The first-order valence-corrected chi connectivity index (χ1v) is 8.48. The van der Waals surface area contributed by atoms with E-state index in [9.17, 15) is 14.7 Å². The standard InChI is InChI=1S/C21H24O4/c1-14-3-8-17(9-4-14)18-10-5-16(6-11-18)7-12-19(21(24)25)13-15(2)20(22)23/h3-6,8-11,15,19H,7,12-13H2,1-2H3,(H,22,23)(H,24,25)/t15?,19-/m1/s1. The minimum absolute atomic E-state index is 0.159. The van der Waals surface area contributed by atoms with Crippen LogP contribution in [-0.2, 0) is 16.0 Å². The Morgan fingerprint density at radius 2 is 1.40 bits per heavy atom. The Labute approximate surface area is 148 Å². The molecule has 0 saturated carbocycles. The van der Waals surface area contributed by atoms with Crippen molar-refractivity contribution in [1.29, 1.82) is 0 Å². The van der Waals surface area contributed by atoms with Gasteiger partial charge in [0.15, 0.2) is 0 Å². The molecule has 0 aliphatic carbocycles. The maximum Gasteiger partial charge on any atom is 0.306 e. The highest BCUT2D eigenvalue weighted by atomic mass is 16.4. The van der Waals surface area contributed by atoms with Gasteiger partial charge >= 0.3 is 11.9 Å². The number of rotatable bonds is 8. The normalized spacial score (nSPS) is 13.2. The molecule has 132 valence electrons. The summed E-state index contributed by atoms with van der Waals surface area (Å²) in [6.45, 7) is 3.60. The number of aryl methyl sites for hydroxylation is 2. The molecule has 0 aliphatic rings. The first-order chi connectivity index (χ1) is 11.9. The molecule has 2 aromatic rings. The van der Waals surface area contributed by atoms with Gasteiger partial charge in [-0.1, -0.05) is 61.0 Å². The Balaban J connectivity index is 1.99. The SMILES string of the molecule is Cc1ccc(-c2ccc(CC[C@H](CC(C)C(=O)O)C(=O)O)cc2)cc1. The molecule has 0 spiro atoms. The third kappa shape index (κ3) is 5.45. The summed E-state index contributed by atoms with van der Waals surface area (Å²) in [6.07, 6.45) is 1.22. The Morgan fingerprint density at radius 1 is 0.880 bits per heavy atom. The molecular formula is C21H24O4. The fraction of sp³-hybridized carbons (Fsp3) is 0.333. The quantitative estimate of drug-likeness (QED) is 0.746. The van der Waals surface area contributed by atoms with Crippen molar-refractivity contribution in [3.8, 4) is 11.1 Å². The highest BCUT2D eigenvalue weighted by Gasteiger charge is 2.23. The largest absolute Gasteiger partial charge is 0.481 e. The molecule has 0 aromatic heterocycles. The maximum atomic E-state index is 11.4. The van der Waals surface area contributed by atoms with Gasteiger partial charge < -0.3 is 10.2 Å². The number of aliphatic carboxylic acids is 2. The zero-order chi connectivity index (χ0) is 18.4. The van der Waals surface area contributed by atoms with Crippen LogP contribution >= 0.6 is 0 Å².